The summed E-state index contributed by atoms with van der Waals surface area (Å²) in [6, 6.07) is 12.4. The third-order valence-electron chi connectivity index (χ3n) is 7.58. The molecule has 3 N–H and O–H groups in total. The van der Waals surface area contributed by atoms with E-state index < -0.39 is 28.3 Å². The molecule has 0 aromatic heterocycles. The van der Waals surface area contributed by atoms with E-state index in [9.17, 15) is 23.1 Å². The first-order valence-corrected chi connectivity index (χ1v) is 13.5. The van der Waals surface area contributed by atoms with Gasteiger partial charge >= 0.3 is 5.97 Å². The minimum absolute atomic E-state index is 0.0777. The monoisotopic (exact) mass is 498 g/mol. The van der Waals surface area contributed by atoms with Crippen LogP contribution in [0.15, 0.2) is 53.4 Å². The van der Waals surface area contributed by atoms with Gasteiger partial charge < -0.3 is 15.2 Å². The van der Waals surface area contributed by atoms with Gasteiger partial charge in [0.2, 0.25) is 10.0 Å². The Kier molecular flexibility index (Phi) is 6.31. The van der Waals surface area contributed by atoms with Crippen LogP contribution in [0.3, 0.4) is 0 Å². The second-order valence-corrected chi connectivity index (χ2v) is 12.1. The van der Waals surface area contributed by atoms with Crippen LogP contribution in [0.25, 0.3) is 0 Å². The Bertz CT molecular complexity index is 1190. The molecule has 0 spiro atoms. The highest BCUT2D eigenvalue weighted by atomic mass is 32.2. The molecule has 6 rings (SSSR count). The van der Waals surface area contributed by atoms with E-state index in [0.717, 1.165) is 37.0 Å². The largest absolute Gasteiger partial charge is 0.507 e. The Morgan fingerprint density at radius 1 is 0.971 bits per heavy atom. The topological polar surface area (TPSA) is 122 Å². The molecular formula is C26H30N2O6S. The zero-order chi connectivity index (χ0) is 24.6. The highest BCUT2D eigenvalue weighted by Crippen LogP contribution is 2.55. The predicted molar refractivity (Wildman–Crippen MR) is 128 cm³/mol. The maximum Gasteiger partial charge on any atom is 0.342 e. The first-order chi connectivity index (χ1) is 16.7. The van der Waals surface area contributed by atoms with Gasteiger partial charge in [-0.25, -0.2) is 17.9 Å². The summed E-state index contributed by atoms with van der Waals surface area (Å²) >= 11 is 0. The van der Waals surface area contributed by atoms with E-state index in [2.05, 4.69) is 10.0 Å². The molecule has 4 bridgehead atoms. The maximum atomic E-state index is 12.7. The molecule has 186 valence electrons. The summed E-state index contributed by atoms with van der Waals surface area (Å²) in [5.41, 5.74) is 0.272. The quantitative estimate of drug-likeness (QED) is 0.481. The van der Waals surface area contributed by atoms with Crippen LogP contribution in [0.2, 0.25) is 0 Å². The summed E-state index contributed by atoms with van der Waals surface area (Å²) in [5, 5.41) is 13.3. The Labute approximate surface area is 205 Å². The number of rotatable bonds is 8. The van der Waals surface area contributed by atoms with Crippen LogP contribution < -0.4 is 10.0 Å². The van der Waals surface area contributed by atoms with Gasteiger partial charge in [0.25, 0.3) is 5.91 Å². The fourth-order valence-electron chi connectivity index (χ4n) is 6.51. The van der Waals surface area contributed by atoms with Crippen molar-refractivity contribution >= 4 is 21.9 Å². The van der Waals surface area contributed by atoms with Crippen LogP contribution >= 0.6 is 0 Å². The number of phenols is 1. The molecule has 0 unspecified atom stereocenters. The first-order valence-electron chi connectivity index (χ1n) is 12.1. The normalized spacial score (nSPS) is 26.9. The van der Waals surface area contributed by atoms with Crippen molar-refractivity contribution in [3.63, 3.8) is 0 Å². The fraction of sp³-hybridized carbons (Fsp3) is 0.462. The molecule has 1 amide bonds. The molecule has 8 nitrogen and oxygen atoms in total. The van der Waals surface area contributed by atoms with Crippen molar-refractivity contribution in [3.05, 3.63) is 59.7 Å². The Hall–Kier alpha value is -2.91. The smallest absolute Gasteiger partial charge is 0.342 e. The number of nitrogens with one attached hydrogen (secondary N) is 2. The molecule has 2 aromatic rings. The summed E-state index contributed by atoms with van der Waals surface area (Å²) in [5.74, 6) is 0.263. The number of benzene rings is 2. The molecule has 0 atom stereocenters. The lowest BCUT2D eigenvalue weighted by atomic mass is 9.53. The van der Waals surface area contributed by atoms with Crippen molar-refractivity contribution in [2.75, 3.05) is 6.61 Å². The van der Waals surface area contributed by atoms with Gasteiger partial charge in [-0.05, 0) is 80.0 Å². The minimum atomic E-state index is -3.94. The van der Waals surface area contributed by atoms with Crippen LogP contribution in [0.4, 0.5) is 0 Å². The minimum Gasteiger partial charge on any atom is -0.507 e. The summed E-state index contributed by atoms with van der Waals surface area (Å²) in [4.78, 5) is 25.1. The fourth-order valence-corrected chi connectivity index (χ4v) is 7.55. The van der Waals surface area contributed by atoms with Gasteiger partial charge in [0, 0.05) is 12.1 Å². The third kappa shape index (κ3) is 5.21. The van der Waals surface area contributed by atoms with Gasteiger partial charge in [-0.2, -0.15) is 0 Å². The van der Waals surface area contributed by atoms with E-state index in [1.54, 1.807) is 24.3 Å². The maximum absolute atomic E-state index is 12.7. The van der Waals surface area contributed by atoms with Crippen LogP contribution in [0, 0.1) is 17.8 Å². The molecule has 0 saturated heterocycles. The molecular weight excluding hydrogens is 468 g/mol. The molecule has 4 fully saturated rings. The molecule has 35 heavy (non-hydrogen) atoms. The molecule has 0 aliphatic heterocycles. The van der Waals surface area contributed by atoms with Crippen LogP contribution in [0.5, 0.6) is 5.75 Å². The SMILES string of the molecule is O=C(COC(=O)c1cc(S(=O)(=O)NCc2ccccc2)ccc1O)NC12CC3CC(CC(C3)C1)C2. The summed E-state index contributed by atoms with van der Waals surface area (Å²) < 4.78 is 33.0. The van der Waals surface area contributed by atoms with Gasteiger partial charge in [-0.3, -0.25) is 4.79 Å². The Balaban J connectivity index is 1.20. The molecule has 0 heterocycles. The Morgan fingerprint density at radius 2 is 1.60 bits per heavy atom. The zero-order valence-electron chi connectivity index (χ0n) is 19.4. The average molecular weight is 499 g/mol. The zero-order valence-corrected chi connectivity index (χ0v) is 20.2. The number of carbonyl (C=O) groups excluding carboxylic acids is 2. The van der Waals surface area contributed by atoms with Crippen molar-refractivity contribution in [2.45, 2.75) is 55.5 Å². The summed E-state index contributed by atoms with van der Waals surface area (Å²) in [7, 11) is -3.94. The highest BCUT2D eigenvalue weighted by Gasteiger charge is 2.51. The van der Waals surface area contributed by atoms with E-state index in [-0.39, 0.29) is 28.4 Å². The van der Waals surface area contributed by atoms with Crippen molar-refractivity contribution < 1.29 is 27.9 Å². The summed E-state index contributed by atoms with van der Waals surface area (Å²) in [6.45, 7) is -0.405. The second-order valence-electron chi connectivity index (χ2n) is 10.3. The van der Waals surface area contributed by atoms with E-state index in [1.165, 1.54) is 25.3 Å². The molecule has 4 aliphatic carbocycles. The number of esters is 1. The van der Waals surface area contributed by atoms with Gasteiger partial charge in [0.15, 0.2) is 6.61 Å². The number of amides is 1. The molecule has 9 heteroatoms. The van der Waals surface area contributed by atoms with E-state index in [0.29, 0.717) is 17.8 Å². The van der Waals surface area contributed by atoms with E-state index in [4.69, 9.17) is 4.74 Å². The first kappa shape index (κ1) is 23.8. The standard InChI is InChI=1S/C26H30N2O6S/c29-23-7-6-21(35(32,33)27-15-17-4-2-1-3-5-17)11-22(23)25(31)34-16-24(30)28-26-12-18-8-19(13-26)10-20(9-18)14-26/h1-7,11,18-20,27,29H,8-10,12-16H2,(H,28,30). The van der Waals surface area contributed by atoms with Gasteiger partial charge in [0.1, 0.15) is 11.3 Å². The highest BCUT2D eigenvalue weighted by molar-refractivity contribution is 7.89. The van der Waals surface area contributed by atoms with Crippen molar-refractivity contribution in [1.29, 1.82) is 0 Å². The van der Waals surface area contributed by atoms with Crippen LogP contribution in [-0.2, 0) is 26.1 Å². The molecule has 4 aliphatic rings. The van der Waals surface area contributed by atoms with Gasteiger partial charge in [0.05, 0.1) is 4.90 Å². The van der Waals surface area contributed by atoms with Gasteiger partial charge in [-0.15, -0.1) is 0 Å². The van der Waals surface area contributed by atoms with Crippen molar-refractivity contribution in [3.8, 4) is 5.75 Å². The lowest BCUT2D eigenvalue weighted by molar-refractivity contribution is -0.130. The number of aromatic hydroxyl groups is 1. The van der Waals surface area contributed by atoms with E-state index >= 15 is 0 Å². The lowest BCUT2D eigenvalue weighted by Gasteiger charge is -2.56. The average Bonchev–Trinajstić information content (AvgIpc) is 2.81. The predicted octanol–water partition coefficient (Wildman–Crippen LogP) is 3.11. The second kappa shape index (κ2) is 9.28. The van der Waals surface area contributed by atoms with Gasteiger partial charge in [-0.1, -0.05) is 30.3 Å². The summed E-state index contributed by atoms with van der Waals surface area (Å²) in [6.07, 6.45) is 6.70. The number of hydrogen-bond donors (Lipinski definition) is 3. The lowest BCUT2D eigenvalue weighted by Crippen LogP contribution is -2.60. The molecule has 0 radical (unpaired) electrons. The van der Waals surface area contributed by atoms with Crippen molar-refractivity contribution in [1.82, 2.24) is 10.0 Å². The van der Waals surface area contributed by atoms with E-state index in [1.807, 2.05) is 6.07 Å². The van der Waals surface area contributed by atoms with Crippen molar-refractivity contribution in [2.24, 2.45) is 17.8 Å². The number of carbonyl (C=O) groups is 2. The number of ether oxygens (including phenoxy) is 1. The number of hydrogen-bond acceptors (Lipinski definition) is 6. The number of phenolic OH excluding ortho intramolecular Hbond substituents is 1. The van der Waals surface area contributed by atoms with Crippen LogP contribution in [0.1, 0.15) is 54.4 Å². The number of sulfonamides is 1. The molecule has 2 aromatic carbocycles. The Morgan fingerprint density at radius 3 is 2.23 bits per heavy atom. The van der Waals surface area contributed by atoms with Crippen LogP contribution in [-0.4, -0.2) is 37.5 Å². The third-order valence-corrected chi connectivity index (χ3v) is 8.98. The molecule has 4 saturated carbocycles.